The minimum atomic E-state index is -0.744. The van der Waals surface area contributed by atoms with Crippen molar-refractivity contribution in [1.29, 1.82) is 0 Å². The van der Waals surface area contributed by atoms with E-state index in [1.807, 2.05) is 31.2 Å². The molecule has 180 valence electrons. The van der Waals surface area contributed by atoms with Crippen LogP contribution in [-0.2, 0) is 14.3 Å². The van der Waals surface area contributed by atoms with Crippen molar-refractivity contribution in [2.75, 3.05) is 20.3 Å². The van der Waals surface area contributed by atoms with Crippen LogP contribution in [0.4, 0.5) is 0 Å². The number of carbonyl (C=O) groups is 3. The molecular weight excluding hydrogens is 450 g/mol. The molecule has 0 spiro atoms. The van der Waals surface area contributed by atoms with Crippen LogP contribution in [0.2, 0.25) is 0 Å². The summed E-state index contributed by atoms with van der Waals surface area (Å²) in [6.45, 7) is 1.09. The zero-order valence-electron chi connectivity index (χ0n) is 19.4. The van der Waals surface area contributed by atoms with Gasteiger partial charge in [-0.3, -0.25) is 14.4 Å². The van der Waals surface area contributed by atoms with Crippen LogP contribution in [0.5, 0.6) is 5.75 Å². The Morgan fingerprint density at radius 3 is 2.63 bits per heavy atom. The molecule has 2 heterocycles. The second kappa shape index (κ2) is 10.7. The molecule has 0 saturated carbocycles. The zero-order chi connectivity index (χ0) is 24.8. The second-order valence-electron chi connectivity index (χ2n) is 7.96. The summed E-state index contributed by atoms with van der Waals surface area (Å²) in [6, 6.07) is 17.5. The number of carbonyl (C=O) groups excluding carboxylic acids is 3. The lowest BCUT2D eigenvalue weighted by Crippen LogP contribution is -2.34. The van der Waals surface area contributed by atoms with Crippen LogP contribution in [0.1, 0.15) is 39.7 Å². The van der Waals surface area contributed by atoms with Gasteiger partial charge in [-0.2, -0.15) is 5.10 Å². The third-order valence-electron chi connectivity index (χ3n) is 5.50. The number of benzene rings is 2. The maximum atomic E-state index is 12.9. The number of ether oxygens (including phenoxy) is 2. The van der Waals surface area contributed by atoms with Crippen LogP contribution in [-0.4, -0.2) is 48.8 Å². The Bertz CT molecular complexity index is 1230. The first-order chi connectivity index (χ1) is 16.9. The fourth-order valence-electron chi connectivity index (χ4n) is 3.64. The summed E-state index contributed by atoms with van der Waals surface area (Å²) in [5.74, 6) is -0.599. The molecule has 0 bridgehead atoms. The van der Waals surface area contributed by atoms with Gasteiger partial charge in [0.05, 0.1) is 19.1 Å². The van der Waals surface area contributed by atoms with Gasteiger partial charge in [0.1, 0.15) is 24.1 Å². The third-order valence-corrected chi connectivity index (χ3v) is 5.50. The van der Waals surface area contributed by atoms with Crippen molar-refractivity contribution < 1.29 is 28.3 Å². The summed E-state index contributed by atoms with van der Waals surface area (Å²) in [5.41, 5.74) is 3.09. The zero-order valence-corrected chi connectivity index (χ0v) is 19.4. The fraction of sp³-hybridized carbons (Fsp3) is 0.231. The Hall–Kier alpha value is -4.40. The Labute approximate surface area is 202 Å². The maximum Gasteiger partial charge on any atom is 0.325 e. The summed E-state index contributed by atoms with van der Waals surface area (Å²) < 4.78 is 15.7. The van der Waals surface area contributed by atoms with Crippen LogP contribution in [0.15, 0.2) is 76.4 Å². The Morgan fingerprint density at radius 2 is 1.91 bits per heavy atom. The van der Waals surface area contributed by atoms with Gasteiger partial charge in [0.25, 0.3) is 11.8 Å². The number of hydrazone groups is 1. The van der Waals surface area contributed by atoms with E-state index in [2.05, 4.69) is 10.4 Å². The Morgan fingerprint density at radius 1 is 1.11 bits per heavy atom. The standard InChI is InChI=1S/C26H25N3O6/c1-17-8-10-18(11-9-17)21-14-22(23-7-4-12-34-23)29(28-21)24(30)16-35-25(31)15-27-26(32)19-5-3-6-20(13-19)33-2/h3-13,22H,14-16H2,1-2H3,(H,27,32). The van der Waals surface area contributed by atoms with E-state index in [1.165, 1.54) is 18.4 Å². The first-order valence-electron chi connectivity index (χ1n) is 11.0. The van der Waals surface area contributed by atoms with Crippen molar-refractivity contribution in [3.8, 4) is 5.75 Å². The fourth-order valence-corrected chi connectivity index (χ4v) is 3.64. The van der Waals surface area contributed by atoms with Crippen molar-refractivity contribution in [3.05, 3.63) is 89.4 Å². The summed E-state index contributed by atoms with van der Waals surface area (Å²) in [7, 11) is 1.50. The summed E-state index contributed by atoms with van der Waals surface area (Å²) in [6.07, 6.45) is 2.00. The molecule has 0 radical (unpaired) electrons. The van der Waals surface area contributed by atoms with Gasteiger partial charge in [-0.25, -0.2) is 5.01 Å². The molecule has 1 aliphatic heterocycles. The molecule has 0 aliphatic carbocycles. The predicted molar refractivity (Wildman–Crippen MR) is 127 cm³/mol. The quantitative estimate of drug-likeness (QED) is 0.501. The number of nitrogens with zero attached hydrogens (tertiary/aromatic N) is 2. The molecule has 0 fully saturated rings. The molecule has 1 atom stereocenters. The molecular formula is C26H25N3O6. The molecule has 0 saturated heterocycles. The van der Waals surface area contributed by atoms with Gasteiger partial charge in [0.15, 0.2) is 6.61 Å². The van der Waals surface area contributed by atoms with E-state index < -0.39 is 30.4 Å². The molecule has 2 aromatic carbocycles. The smallest absolute Gasteiger partial charge is 0.325 e. The van der Waals surface area contributed by atoms with Gasteiger partial charge in [-0.05, 0) is 42.8 Å². The lowest BCUT2D eigenvalue weighted by atomic mass is 10.0. The minimum absolute atomic E-state index is 0.338. The number of amides is 2. The van der Waals surface area contributed by atoms with Gasteiger partial charge >= 0.3 is 5.97 Å². The number of hydrogen-bond acceptors (Lipinski definition) is 7. The lowest BCUT2D eigenvalue weighted by molar-refractivity contribution is -0.152. The van der Waals surface area contributed by atoms with Gasteiger partial charge in [-0.1, -0.05) is 35.9 Å². The number of methoxy groups -OCH3 is 1. The Kier molecular flexibility index (Phi) is 7.25. The lowest BCUT2D eigenvalue weighted by Gasteiger charge is -2.19. The first kappa shape index (κ1) is 23.7. The van der Waals surface area contributed by atoms with Gasteiger partial charge in [0, 0.05) is 12.0 Å². The van der Waals surface area contributed by atoms with E-state index in [0.717, 1.165) is 16.8 Å². The summed E-state index contributed by atoms with van der Waals surface area (Å²) >= 11 is 0. The van der Waals surface area contributed by atoms with Crippen molar-refractivity contribution in [2.45, 2.75) is 19.4 Å². The van der Waals surface area contributed by atoms with Crippen LogP contribution < -0.4 is 10.1 Å². The highest BCUT2D eigenvalue weighted by Crippen LogP contribution is 2.33. The van der Waals surface area contributed by atoms with E-state index >= 15 is 0 Å². The summed E-state index contributed by atoms with van der Waals surface area (Å²) in [4.78, 5) is 37.3. The van der Waals surface area contributed by atoms with Crippen molar-refractivity contribution in [1.82, 2.24) is 10.3 Å². The molecule has 3 aromatic rings. The van der Waals surface area contributed by atoms with Crippen LogP contribution in [0.25, 0.3) is 0 Å². The van der Waals surface area contributed by atoms with Gasteiger partial charge in [0.2, 0.25) is 0 Å². The molecule has 2 amide bonds. The first-order valence-corrected chi connectivity index (χ1v) is 11.0. The molecule has 1 aromatic heterocycles. The van der Waals surface area contributed by atoms with E-state index in [-0.39, 0.29) is 6.54 Å². The molecule has 1 aliphatic rings. The highest BCUT2D eigenvalue weighted by atomic mass is 16.5. The largest absolute Gasteiger partial charge is 0.497 e. The van der Waals surface area contributed by atoms with Crippen molar-refractivity contribution in [2.24, 2.45) is 5.10 Å². The highest BCUT2D eigenvalue weighted by molar-refractivity contribution is 6.03. The Balaban J connectivity index is 1.36. The average molecular weight is 476 g/mol. The molecule has 9 heteroatoms. The number of hydrogen-bond donors (Lipinski definition) is 1. The number of furan rings is 1. The SMILES string of the molecule is COc1cccc(C(=O)NCC(=O)OCC(=O)N2N=C(c3ccc(C)cc3)CC2c2ccco2)c1. The molecule has 1 unspecified atom stereocenters. The van der Waals surface area contributed by atoms with Crippen LogP contribution in [0, 0.1) is 6.92 Å². The van der Waals surface area contributed by atoms with Gasteiger partial charge < -0.3 is 19.2 Å². The predicted octanol–water partition coefficient (Wildman–Crippen LogP) is 3.25. The average Bonchev–Trinajstić information content (AvgIpc) is 3.56. The van der Waals surface area contributed by atoms with Crippen LogP contribution in [0.3, 0.4) is 0 Å². The molecule has 1 N–H and O–H groups in total. The molecule has 4 rings (SSSR count). The normalized spacial score (nSPS) is 14.9. The molecule has 9 nitrogen and oxygen atoms in total. The van der Waals surface area contributed by atoms with E-state index in [4.69, 9.17) is 13.9 Å². The monoisotopic (exact) mass is 475 g/mol. The van der Waals surface area contributed by atoms with Crippen LogP contribution >= 0.6 is 0 Å². The van der Waals surface area contributed by atoms with Crippen molar-refractivity contribution >= 4 is 23.5 Å². The summed E-state index contributed by atoms with van der Waals surface area (Å²) in [5, 5.41) is 8.26. The second-order valence-corrected chi connectivity index (χ2v) is 7.96. The van der Waals surface area contributed by atoms with E-state index in [1.54, 1.807) is 36.4 Å². The van der Waals surface area contributed by atoms with E-state index in [0.29, 0.717) is 23.5 Å². The third kappa shape index (κ3) is 5.75. The topological polar surface area (TPSA) is 110 Å². The number of aryl methyl sites for hydroxylation is 1. The number of nitrogens with one attached hydrogen (secondary N) is 1. The van der Waals surface area contributed by atoms with Crippen molar-refractivity contribution in [3.63, 3.8) is 0 Å². The maximum absolute atomic E-state index is 12.9. The molecule has 35 heavy (non-hydrogen) atoms. The van der Waals surface area contributed by atoms with E-state index in [9.17, 15) is 14.4 Å². The van der Waals surface area contributed by atoms with Gasteiger partial charge in [-0.15, -0.1) is 0 Å². The minimum Gasteiger partial charge on any atom is -0.497 e. The highest BCUT2D eigenvalue weighted by Gasteiger charge is 2.35. The number of rotatable bonds is 8. The number of esters is 1.